The van der Waals surface area contributed by atoms with Crippen LogP contribution in [0.2, 0.25) is 0 Å². The lowest BCUT2D eigenvalue weighted by Gasteiger charge is -2.35. The van der Waals surface area contributed by atoms with Gasteiger partial charge in [0.25, 0.3) is 0 Å². The SMILES string of the molecule is COC(=O)N[C@@H](C(C)C)C(O)N1C[C@H](F)C[C@H]1C(=O)Nc1ccc2c(c1)OC(c1cc(F)cc(F)c1)n1c-2cc2cc(NC(=O)[C@@H]3C[C@H](F)CN3C(=O)[C@@H](NC(=O)OC)C(C)C)ccc21. The van der Waals surface area contributed by atoms with Crippen LogP contribution in [0.3, 0.4) is 0 Å². The molecule has 8 atom stereocenters. The Bertz CT molecular complexity index is 2470. The molecule has 1 aromatic heterocycles. The van der Waals surface area contributed by atoms with Gasteiger partial charge in [0, 0.05) is 59.4 Å². The quantitative estimate of drug-likeness (QED) is 0.108. The summed E-state index contributed by atoms with van der Waals surface area (Å²) in [5, 5.41) is 22.4. The molecule has 3 aliphatic rings. The lowest BCUT2D eigenvalue weighted by Crippen LogP contribution is -2.57. The third-order valence-corrected chi connectivity index (χ3v) is 11.9. The number of nitrogens with one attached hydrogen (secondary N) is 4. The number of likely N-dealkylation sites (tertiary alicyclic amines) is 2. The summed E-state index contributed by atoms with van der Waals surface area (Å²) in [6, 6.07) is 10.1. The Morgan fingerprint density at radius 1 is 0.754 bits per heavy atom. The first-order valence-corrected chi connectivity index (χ1v) is 21.1. The molecule has 0 spiro atoms. The fourth-order valence-corrected chi connectivity index (χ4v) is 8.74. The van der Waals surface area contributed by atoms with E-state index in [1.807, 2.05) is 0 Å². The summed E-state index contributed by atoms with van der Waals surface area (Å²) in [5.74, 6) is -4.17. The van der Waals surface area contributed by atoms with Gasteiger partial charge in [-0.2, -0.15) is 0 Å². The van der Waals surface area contributed by atoms with Crippen LogP contribution in [0.5, 0.6) is 5.75 Å². The Morgan fingerprint density at radius 2 is 1.35 bits per heavy atom. The van der Waals surface area contributed by atoms with Crippen molar-refractivity contribution >= 4 is 52.2 Å². The molecule has 4 aromatic rings. The number of carbonyl (C=O) groups excluding carboxylic acids is 5. The molecule has 3 aromatic carbocycles. The zero-order chi connectivity index (χ0) is 47.0. The molecule has 2 unspecified atom stereocenters. The number of ether oxygens (including phenoxy) is 3. The molecule has 5 amide bonds. The van der Waals surface area contributed by atoms with Crippen LogP contribution in [0.1, 0.15) is 52.3 Å². The first-order chi connectivity index (χ1) is 30.9. The summed E-state index contributed by atoms with van der Waals surface area (Å²) < 4.78 is 76.8. The minimum absolute atomic E-state index is 0.108. The number of alkyl halides is 2. The van der Waals surface area contributed by atoms with Gasteiger partial charge < -0.3 is 50.1 Å². The maximum Gasteiger partial charge on any atom is 0.407 e. The van der Waals surface area contributed by atoms with Crippen LogP contribution in [-0.4, -0.2) is 119 Å². The van der Waals surface area contributed by atoms with Crippen LogP contribution in [0.4, 0.5) is 38.5 Å². The van der Waals surface area contributed by atoms with Crippen molar-refractivity contribution in [2.75, 3.05) is 37.9 Å². The zero-order valence-corrected chi connectivity index (χ0v) is 36.4. The smallest absolute Gasteiger partial charge is 0.407 e. The molecular weight excluding hydrogens is 859 g/mol. The molecule has 2 saturated heterocycles. The molecule has 4 heterocycles. The summed E-state index contributed by atoms with van der Waals surface area (Å²) in [7, 11) is 2.31. The van der Waals surface area contributed by atoms with Gasteiger partial charge in [-0.3, -0.25) is 19.3 Å². The first-order valence-electron chi connectivity index (χ1n) is 21.1. The van der Waals surface area contributed by atoms with Gasteiger partial charge >= 0.3 is 12.2 Å². The number of rotatable bonds is 12. The van der Waals surface area contributed by atoms with Gasteiger partial charge in [0.15, 0.2) is 0 Å². The minimum Gasteiger partial charge on any atom is -0.465 e. The van der Waals surface area contributed by atoms with Crippen LogP contribution in [0.15, 0.2) is 60.7 Å². The molecule has 5 N–H and O–H groups in total. The van der Waals surface area contributed by atoms with Crippen LogP contribution in [0.25, 0.3) is 22.2 Å². The van der Waals surface area contributed by atoms with Crippen LogP contribution in [0, 0.1) is 23.5 Å². The zero-order valence-electron chi connectivity index (χ0n) is 36.4. The molecule has 0 aliphatic carbocycles. The molecular formula is C45H51F4N7O9. The third kappa shape index (κ3) is 9.68. The van der Waals surface area contributed by atoms with E-state index in [4.69, 9.17) is 4.74 Å². The second-order valence-electron chi connectivity index (χ2n) is 17.1. The van der Waals surface area contributed by atoms with Gasteiger partial charge in [0.05, 0.1) is 44.1 Å². The van der Waals surface area contributed by atoms with Crippen LogP contribution in [-0.2, 0) is 23.9 Å². The minimum atomic E-state index is -1.49. The standard InChI is InChI=1S/C45H51F4N7O9/c1-21(2)37(52-44(61)63-5)41(59)54-19-27(48)16-34(54)39(57)50-29-8-10-32-23(13-29)14-33-31-9-7-30(18-36(31)65-43(56(32)33)24-11-25(46)15-26(47)12-24)51-40(58)35-17-28(49)20-55(35)42(60)38(22(3)4)53-45(62)64-6/h7-15,18,21-22,27-28,34-35,37-38,42-43,60H,16-17,19-20H2,1-6H3,(H,50,57)(H,51,58)(H,52,61)(H,53,62)/t27-,28+,34-,35-,37-,38-,42?,43?/m0/s1. The summed E-state index contributed by atoms with van der Waals surface area (Å²) in [5.41, 5.74) is 2.22. The van der Waals surface area contributed by atoms with E-state index in [1.165, 1.54) is 18.1 Å². The number of alkyl carbamates (subject to hydrolysis) is 2. The monoisotopic (exact) mass is 909 g/mol. The van der Waals surface area contributed by atoms with Crippen molar-refractivity contribution in [3.05, 3.63) is 77.9 Å². The number of benzene rings is 3. The Labute approximate surface area is 371 Å². The number of fused-ring (bicyclic) bond motifs is 5. The molecule has 20 heteroatoms. The largest absolute Gasteiger partial charge is 0.465 e. The lowest BCUT2D eigenvalue weighted by molar-refractivity contribution is -0.139. The van der Waals surface area contributed by atoms with Crippen molar-refractivity contribution in [2.45, 2.75) is 89.5 Å². The molecule has 3 aliphatic heterocycles. The molecule has 348 valence electrons. The average molecular weight is 910 g/mol. The van der Waals surface area contributed by atoms with Crippen LogP contribution < -0.4 is 26.0 Å². The Balaban J connectivity index is 1.17. The van der Waals surface area contributed by atoms with Gasteiger partial charge in [0.1, 0.15) is 48.0 Å². The Morgan fingerprint density at radius 3 is 2.00 bits per heavy atom. The molecule has 65 heavy (non-hydrogen) atoms. The predicted octanol–water partition coefficient (Wildman–Crippen LogP) is 5.83. The number of aliphatic hydroxyl groups excluding tert-OH is 1. The van der Waals surface area contributed by atoms with Gasteiger partial charge in [0.2, 0.25) is 23.9 Å². The fraction of sp³-hybridized carbons (Fsp3) is 0.444. The Hall–Kier alpha value is -6.41. The van der Waals surface area contributed by atoms with Crippen molar-refractivity contribution < 1.29 is 60.9 Å². The number of carbonyl (C=O) groups is 5. The Kier molecular flexibility index (Phi) is 13.6. The van der Waals surface area contributed by atoms with Gasteiger partial charge in [-0.1, -0.05) is 27.7 Å². The summed E-state index contributed by atoms with van der Waals surface area (Å²) in [6.07, 6.45) is -7.69. The van der Waals surface area contributed by atoms with Gasteiger partial charge in [-0.05, 0) is 60.4 Å². The van der Waals surface area contributed by atoms with E-state index in [0.29, 0.717) is 27.8 Å². The van der Waals surface area contributed by atoms with Crippen molar-refractivity contribution in [3.8, 4) is 17.0 Å². The number of aliphatic hydroxyl groups is 1. The van der Waals surface area contributed by atoms with Crippen molar-refractivity contribution in [2.24, 2.45) is 11.8 Å². The first kappa shape index (κ1) is 46.6. The van der Waals surface area contributed by atoms with E-state index in [-0.39, 0.29) is 48.8 Å². The topological polar surface area (TPSA) is 193 Å². The van der Waals surface area contributed by atoms with E-state index < -0.39 is 96.4 Å². The highest BCUT2D eigenvalue weighted by Crippen LogP contribution is 2.46. The highest BCUT2D eigenvalue weighted by molar-refractivity contribution is 6.01. The summed E-state index contributed by atoms with van der Waals surface area (Å²) >= 11 is 0. The number of hydrogen-bond acceptors (Lipinski definition) is 10. The molecule has 0 saturated carbocycles. The van der Waals surface area contributed by atoms with E-state index in [2.05, 4.69) is 30.7 Å². The van der Waals surface area contributed by atoms with Crippen molar-refractivity contribution in [1.82, 2.24) is 25.0 Å². The maximum absolute atomic E-state index is 14.9. The second-order valence-corrected chi connectivity index (χ2v) is 17.1. The molecule has 0 radical (unpaired) electrons. The van der Waals surface area contributed by atoms with Crippen molar-refractivity contribution in [1.29, 1.82) is 0 Å². The molecule has 2 fully saturated rings. The van der Waals surface area contributed by atoms with E-state index in [9.17, 15) is 46.6 Å². The van der Waals surface area contributed by atoms with E-state index >= 15 is 0 Å². The van der Waals surface area contributed by atoms with E-state index in [1.54, 1.807) is 68.7 Å². The number of nitrogens with zero attached hydrogens (tertiary/aromatic N) is 3. The number of amides is 5. The molecule has 16 nitrogen and oxygen atoms in total. The summed E-state index contributed by atoms with van der Waals surface area (Å²) in [6.45, 7) is 6.25. The maximum atomic E-state index is 14.9. The average Bonchev–Trinajstić information content (AvgIpc) is 3.97. The third-order valence-electron chi connectivity index (χ3n) is 11.9. The number of hydrogen-bond donors (Lipinski definition) is 5. The normalized spacial score (nSPS) is 21.8. The number of aromatic nitrogens is 1. The van der Waals surface area contributed by atoms with Crippen molar-refractivity contribution in [3.63, 3.8) is 0 Å². The van der Waals surface area contributed by atoms with E-state index in [0.717, 1.165) is 30.2 Å². The summed E-state index contributed by atoms with van der Waals surface area (Å²) in [4.78, 5) is 67.6. The van der Waals surface area contributed by atoms with Gasteiger partial charge in [-0.25, -0.2) is 27.2 Å². The number of halogens is 4. The number of anilines is 2. The lowest BCUT2D eigenvalue weighted by atomic mass is 10.0. The number of methoxy groups -OCH3 is 2. The molecule has 7 rings (SSSR count). The predicted molar refractivity (Wildman–Crippen MR) is 229 cm³/mol. The van der Waals surface area contributed by atoms with Gasteiger partial charge in [-0.15, -0.1) is 0 Å². The second kappa shape index (κ2) is 19.0. The highest BCUT2D eigenvalue weighted by Gasteiger charge is 2.45. The van der Waals surface area contributed by atoms with Crippen LogP contribution >= 0.6 is 0 Å². The molecule has 0 bridgehead atoms. The highest BCUT2D eigenvalue weighted by atomic mass is 19.1. The fourth-order valence-electron chi connectivity index (χ4n) is 8.74.